The van der Waals surface area contributed by atoms with Crippen LogP contribution in [0.4, 0.5) is 5.69 Å². The molecule has 2 aromatic heterocycles. The maximum Gasteiger partial charge on any atom is 0.212 e. The van der Waals surface area contributed by atoms with Gasteiger partial charge >= 0.3 is 0 Å². The summed E-state index contributed by atoms with van der Waals surface area (Å²) in [5.41, 5.74) is 7.08. The molecule has 0 saturated heterocycles. The van der Waals surface area contributed by atoms with E-state index < -0.39 is 0 Å². The predicted molar refractivity (Wildman–Crippen MR) is 97.7 cm³/mol. The van der Waals surface area contributed by atoms with Crippen LogP contribution in [0, 0.1) is 0 Å². The average molecular weight is 332 g/mol. The van der Waals surface area contributed by atoms with Crippen LogP contribution in [0.5, 0.6) is 5.88 Å². The first-order valence-electron chi connectivity index (χ1n) is 8.38. The topological polar surface area (TPSA) is 52.3 Å². The Morgan fingerprint density at radius 3 is 2.64 bits per heavy atom. The SMILES string of the molecule is COc1ccc(CCc2ccc3c(c2)N=C(c2cnn(C)c2)C3)cn1. The van der Waals surface area contributed by atoms with E-state index in [1.165, 1.54) is 16.7 Å². The fourth-order valence-electron chi connectivity index (χ4n) is 3.09. The van der Waals surface area contributed by atoms with Crippen LogP contribution >= 0.6 is 0 Å². The van der Waals surface area contributed by atoms with Gasteiger partial charge in [-0.3, -0.25) is 9.67 Å². The van der Waals surface area contributed by atoms with Crippen molar-refractivity contribution in [1.82, 2.24) is 14.8 Å². The van der Waals surface area contributed by atoms with E-state index in [0.717, 1.165) is 36.2 Å². The molecule has 0 unspecified atom stereocenters. The van der Waals surface area contributed by atoms with Crippen molar-refractivity contribution in [1.29, 1.82) is 0 Å². The summed E-state index contributed by atoms with van der Waals surface area (Å²) >= 11 is 0. The first-order valence-corrected chi connectivity index (χ1v) is 8.38. The lowest BCUT2D eigenvalue weighted by atomic mass is 10.0. The smallest absolute Gasteiger partial charge is 0.212 e. The molecule has 5 nitrogen and oxygen atoms in total. The zero-order valence-electron chi connectivity index (χ0n) is 14.4. The molecule has 3 heterocycles. The monoisotopic (exact) mass is 332 g/mol. The van der Waals surface area contributed by atoms with Crippen LogP contribution in [0.3, 0.4) is 0 Å². The first-order chi connectivity index (χ1) is 12.2. The molecule has 0 saturated carbocycles. The summed E-state index contributed by atoms with van der Waals surface area (Å²) in [7, 11) is 3.56. The quantitative estimate of drug-likeness (QED) is 0.720. The number of aliphatic imine (C=N–C) groups is 1. The number of ether oxygens (including phenoxy) is 1. The highest BCUT2D eigenvalue weighted by molar-refractivity contribution is 6.06. The van der Waals surface area contributed by atoms with E-state index >= 15 is 0 Å². The van der Waals surface area contributed by atoms with E-state index in [1.807, 2.05) is 36.4 Å². The highest BCUT2D eigenvalue weighted by Crippen LogP contribution is 2.30. The summed E-state index contributed by atoms with van der Waals surface area (Å²) in [6, 6.07) is 10.6. The molecule has 0 fully saturated rings. The molecule has 3 aromatic rings. The fraction of sp³-hybridized carbons (Fsp3) is 0.250. The Balaban J connectivity index is 1.47. The van der Waals surface area contributed by atoms with Crippen LogP contribution in [0.25, 0.3) is 0 Å². The van der Waals surface area contributed by atoms with Gasteiger partial charge < -0.3 is 4.74 Å². The van der Waals surface area contributed by atoms with Crippen LogP contribution in [-0.4, -0.2) is 27.6 Å². The van der Waals surface area contributed by atoms with Crippen molar-refractivity contribution in [2.24, 2.45) is 12.0 Å². The zero-order valence-corrected chi connectivity index (χ0v) is 14.4. The number of aryl methyl sites for hydroxylation is 3. The summed E-state index contributed by atoms with van der Waals surface area (Å²) in [5.74, 6) is 0.651. The maximum atomic E-state index is 5.10. The lowest BCUT2D eigenvalue weighted by Gasteiger charge is -2.05. The van der Waals surface area contributed by atoms with Gasteiger partial charge in [-0.2, -0.15) is 5.10 Å². The number of benzene rings is 1. The largest absolute Gasteiger partial charge is 0.481 e. The molecule has 4 rings (SSSR count). The van der Waals surface area contributed by atoms with Gasteiger partial charge in [0.05, 0.1) is 24.7 Å². The minimum atomic E-state index is 0.651. The van der Waals surface area contributed by atoms with E-state index in [1.54, 1.807) is 7.11 Å². The number of fused-ring (bicyclic) bond motifs is 1. The van der Waals surface area contributed by atoms with Crippen LogP contribution in [0.2, 0.25) is 0 Å². The third-order valence-corrected chi connectivity index (χ3v) is 4.51. The average Bonchev–Trinajstić information content (AvgIpc) is 3.25. The minimum Gasteiger partial charge on any atom is -0.481 e. The summed E-state index contributed by atoms with van der Waals surface area (Å²) in [4.78, 5) is 9.07. The van der Waals surface area contributed by atoms with E-state index in [4.69, 9.17) is 9.73 Å². The molecular weight excluding hydrogens is 312 g/mol. The van der Waals surface area contributed by atoms with Crippen molar-refractivity contribution < 1.29 is 4.74 Å². The van der Waals surface area contributed by atoms with Crippen molar-refractivity contribution in [3.05, 3.63) is 71.2 Å². The lowest BCUT2D eigenvalue weighted by Crippen LogP contribution is -1.98. The Bertz CT molecular complexity index is 925. The van der Waals surface area contributed by atoms with Gasteiger partial charge in [0.1, 0.15) is 0 Å². The van der Waals surface area contributed by atoms with Crippen molar-refractivity contribution in [2.45, 2.75) is 19.3 Å². The molecule has 0 bridgehead atoms. The van der Waals surface area contributed by atoms with Crippen molar-refractivity contribution in [3.8, 4) is 5.88 Å². The van der Waals surface area contributed by atoms with Gasteiger partial charge in [0.2, 0.25) is 5.88 Å². The maximum absolute atomic E-state index is 5.10. The number of pyridine rings is 1. The third kappa shape index (κ3) is 3.31. The summed E-state index contributed by atoms with van der Waals surface area (Å²) in [6.45, 7) is 0. The molecule has 1 aliphatic heterocycles. The van der Waals surface area contributed by atoms with E-state index in [0.29, 0.717) is 5.88 Å². The van der Waals surface area contributed by atoms with Gasteiger partial charge in [0, 0.05) is 37.5 Å². The van der Waals surface area contributed by atoms with E-state index in [-0.39, 0.29) is 0 Å². The van der Waals surface area contributed by atoms with Gasteiger partial charge in [-0.05, 0) is 35.6 Å². The van der Waals surface area contributed by atoms with Gasteiger partial charge in [-0.25, -0.2) is 4.98 Å². The fourth-order valence-corrected chi connectivity index (χ4v) is 3.09. The number of methoxy groups -OCH3 is 1. The Labute approximate surface area is 147 Å². The predicted octanol–water partition coefficient (Wildman–Crippen LogP) is 3.29. The van der Waals surface area contributed by atoms with Crippen LogP contribution < -0.4 is 4.74 Å². The first kappa shape index (κ1) is 15.6. The molecule has 0 amide bonds. The zero-order chi connectivity index (χ0) is 17.2. The van der Waals surface area contributed by atoms with Gasteiger partial charge in [-0.1, -0.05) is 18.2 Å². The molecule has 0 N–H and O–H groups in total. The second kappa shape index (κ2) is 6.51. The molecule has 0 atom stereocenters. The number of aromatic nitrogens is 3. The highest BCUT2D eigenvalue weighted by Gasteiger charge is 2.17. The number of rotatable bonds is 5. The van der Waals surface area contributed by atoms with Crippen LogP contribution in [0.1, 0.15) is 22.3 Å². The molecule has 0 radical (unpaired) electrons. The normalized spacial score (nSPS) is 12.8. The molecule has 0 aliphatic carbocycles. The number of hydrogen-bond donors (Lipinski definition) is 0. The molecule has 0 spiro atoms. The standard InChI is InChI=1S/C20H20N4O/c1-24-13-17(12-22-24)19-10-16-7-5-14(9-18(16)23-19)3-4-15-6-8-20(25-2)21-11-15/h5-9,11-13H,3-4,10H2,1-2H3. The van der Waals surface area contributed by atoms with Gasteiger partial charge in [0.25, 0.3) is 0 Å². The molecule has 1 aromatic carbocycles. The van der Waals surface area contributed by atoms with E-state index in [9.17, 15) is 0 Å². The number of nitrogens with zero attached hydrogens (tertiary/aromatic N) is 4. The van der Waals surface area contributed by atoms with Gasteiger partial charge in [-0.15, -0.1) is 0 Å². The summed E-state index contributed by atoms with van der Waals surface area (Å²) in [5, 5.41) is 4.24. The molecule has 5 heteroatoms. The van der Waals surface area contributed by atoms with Gasteiger partial charge in [0.15, 0.2) is 0 Å². The summed E-state index contributed by atoms with van der Waals surface area (Å²) < 4.78 is 6.91. The number of hydrogen-bond acceptors (Lipinski definition) is 4. The highest BCUT2D eigenvalue weighted by atomic mass is 16.5. The second-order valence-electron chi connectivity index (χ2n) is 6.31. The van der Waals surface area contributed by atoms with E-state index in [2.05, 4.69) is 34.3 Å². The summed E-state index contributed by atoms with van der Waals surface area (Å²) in [6.07, 6.45) is 8.58. The third-order valence-electron chi connectivity index (χ3n) is 4.51. The molecular formula is C20H20N4O. The Hall–Kier alpha value is -2.95. The Morgan fingerprint density at radius 1 is 1.08 bits per heavy atom. The Kier molecular flexibility index (Phi) is 4.06. The second-order valence-corrected chi connectivity index (χ2v) is 6.31. The molecule has 25 heavy (non-hydrogen) atoms. The van der Waals surface area contributed by atoms with Crippen molar-refractivity contribution in [3.63, 3.8) is 0 Å². The van der Waals surface area contributed by atoms with Crippen molar-refractivity contribution >= 4 is 11.4 Å². The molecule has 1 aliphatic rings. The molecule has 126 valence electrons. The van der Waals surface area contributed by atoms with Crippen molar-refractivity contribution in [2.75, 3.05) is 7.11 Å². The minimum absolute atomic E-state index is 0.651. The Morgan fingerprint density at radius 2 is 1.92 bits per heavy atom. The lowest BCUT2D eigenvalue weighted by molar-refractivity contribution is 0.397. The van der Waals surface area contributed by atoms with Crippen LogP contribution in [0.15, 0.2) is 53.9 Å². The van der Waals surface area contributed by atoms with Crippen LogP contribution in [-0.2, 0) is 26.3 Å².